The maximum Gasteiger partial charge on any atom is 0.228 e. The summed E-state index contributed by atoms with van der Waals surface area (Å²) in [7, 11) is 1.65. The van der Waals surface area contributed by atoms with Crippen molar-refractivity contribution in [1.82, 2.24) is 4.98 Å². The number of nitrogens with zero attached hydrogens (tertiary/aromatic N) is 1. The van der Waals surface area contributed by atoms with Crippen LogP contribution in [0, 0.1) is 0 Å². The van der Waals surface area contributed by atoms with Crippen LogP contribution < -0.4 is 5.32 Å². The molecule has 5 heteroatoms. The number of hydrogen-bond acceptors (Lipinski definition) is 3. The number of methoxy groups -OCH3 is 1. The summed E-state index contributed by atoms with van der Waals surface area (Å²) in [4.78, 5) is 15.9. The van der Waals surface area contributed by atoms with Crippen molar-refractivity contribution in [3.05, 3.63) is 23.4 Å². The van der Waals surface area contributed by atoms with Gasteiger partial charge in [0.1, 0.15) is 0 Å². The van der Waals surface area contributed by atoms with Gasteiger partial charge in [0.15, 0.2) is 5.82 Å². The lowest BCUT2D eigenvalue weighted by atomic mass is 9.77. The molecule has 1 aliphatic carbocycles. The summed E-state index contributed by atoms with van der Waals surface area (Å²) in [6, 6.07) is 3.42. The molecule has 1 aromatic rings. The highest BCUT2D eigenvalue weighted by molar-refractivity contribution is 6.33. The van der Waals surface area contributed by atoms with Crippen LogP contribution in [0.25, 0.3) is 0 Å². The third-order valence-corrected chi connectivity index (χ3v) is 3.50. The van der Waals surface area contributed by atoms with E-state index < -0.39 is 0 Å². The molecule has 1 aliphatic rings. The molecule has 0 aromatic carbocycles. The summed E-state index contributed by atoms with van der Waals surface area (Å²) in [5.41, 5.74) is -0.272. The summed E-state index contributed by atoms with van der Waals surface area (Å²) >= 11 is 5.91. The second-order valence-electron chi connectivity index (χ2n) is 4.30. The molecule has 92 valence electrons. The predicted octanol–water partition coefficient (Wildman–Crippen LogP) is 2.63. The first kappa shape index (κ1) is 12.3. The van der Waals surface area contributed by atoms with Gasteiger partial charge in [0.2, 0.25) is 5.91 Å². The van der Waals surface area contributed by atoms with Crippen LogP contribution in [-0.2, 0) is 9.53 Å². The molecule has 2 rings (SSSR count). The average Bonchev–Trinajstić information content (AvgIpc) is 2.27. The third kappa shape index (κ3) is 2.76. The second kappa shape index (κ2) is 5.02. The Hall–Kier alpha value is -1.13. The van der Waals surface area contributed by atoms with Gasteiger partial charge in [0.25, 0.3) is 0 Å². The molecular weight excluding hydrogens is 240 g/mol. The van der Waals surface area contributed by atoms with Crippen LogP contribution in [0.3, 0.4) is 0 Å². The second-order valence-corrected chi connectivity index (χ2v) is 4.71. The van der Waals surface area contributed by atoms with Gasteiger partial charge in [-0.05, 0) is 31.4 Å². The van der Waals surface area contributed by atoms with Crippen LogP contribution in [0.15, 0.2) is 18.3 Å². The van der Waals surface area contributed by atoms with Crippen molar-refractivity contribution in [2.75, 3.05) is 12.4 Å². The van der Waals surface area contributed by atoms with E-state index in [1.54, 1.807) is 25.4 Å². The number of anilines is 1. The maximum absolute atomic E-state index is 11.8. The van der Waals surface area contributed by atoms with E-state index in [1.165, 1.54) is 0 Å². The van der Waals surface area contributed by atoms with Crippen molar-refractivity contribution in [2.45, 2.75) is 31.3 Å². The van der Waals surface area contributed by atoms with Crippen molar-refractivity contribution in [2.24, 2.45) is 0 Å². The number of carbonyl (C=O) groups excluding carboxylic acids is 1. The lowest BCUT2D eigenvalue weighted by Crippen LogP contribution is -2.42. The molecule has 1 N–H and O–H groups in total. The van der Waals surface area contributed by atoms with Crippen LogP contribution >= 0.6 is 11.6 Å². The molecule has 1 saturated carbocycles. The fourth-order valence-corrected chi connectivity index (χ4v) is 2.14. The number of halogens is 1. The van der Waals surface area contributed by atoms with Crippen molar-refractivity contribution >= 4 is 23.3 Å². The first-order valence-electron chi connectivity index (χ1n) is 5.61. The first-order chi connectivity index (χ1) is 8.15. The maximum atomic E-state index is 11.8. The van der Waals surface area contributed by atoms with Crippen LogP contribution in [0.1, 0.15) is 25.7 Å². The highest BCUT2D eigenvalue weighted by Gasteiger charge is 2.39. The fraction of sp³-hybridized carbons (Fsp3) is 0.500. The third-order valence-electron chi connectivity index (χ3n) is 3.20. The van der Waals surface area contributed by atoms with Gasteiger partial charge in [0.05, 0.1) is 17.0 Å². The Morgan fingerprint density at radius 3 is 2.94 bits per heavy atom. The minimum absolute atomic E-state index is 0.104. The van der Waals surface area contributed by atoms with Gasteiger partial charge in [-0.1, -0.05) is 11.6 Å². The Kier molecular flexibility index (Phi) is 3.64. The number of amides is 1. The van der Waals surface area contributed by atoms with Gasteiger partial charge in [-0.25, -0.2) is 4.98 Å². The molecule has 1 aromatic heterocycles. The monoisotopic (exact) mass is 254 g/mol. The van der Waals surface area contributed by atoms with Crippen LogP contribution in [0.2, 0.25) is 5.02 Å². The van der Waals surface area contributed by atoms with Gasteiger partial charge in [-0.2, -0.15) is 0 Å². The summed E-state index contributed by atoms with van der Waals surface area (Å²) in [5.74, 6) is 0.303. The quantitative estimate of drug-likeness (QED) is 0.899. The van der Waals surface area contributed by atoms with E-state index in [2.05, 4.69) is 10.3 Å². The number of rotatable bonds is 4. The zero-order valence-electron chi connectivity index (χ0n) is 9.70. The number of ether oxygens (including phenoxy) is 1. The fourth-order valence-electron chi connectivity index (χ4n) is 1.97. The zero-order valence-corrected chi connectivity index (χ0v) is 10.5. The van der Waals surface area contributed by atoms with E-state index in [0.717, 1.165) is 19.3 Å². The molecule has 1 amide bonds. The molecule has 0 aliphatic heterocycles. The molecule has 0 bridgehead atoms. The van der Waals surface area contributed by atoms with Gasteiger partial charge in [-0.3, -0.25) is 4.79 Å². The Morgan fingerprint density at radius 2 is 2.41 bits per heavy atom. The summed E-state index contributed by atoms with van der Waals surface area (Å²) < 4.78 is 5.40. The van der Waals surface area contributed by atoms with Crippen molar-refractivity contribution in [3.63, 3.8) is 0 Å². The topological polar surface area (TPSA) is 51.2 Å². The van der Waals surface area contributed by atoms with E-state index in [4.69, 9.17) is 16.3 Å². The lowest BCUT2D eigenvalue weighted by Gasteiger charge is -2.39. The molecule has 0 saturated heterocycles. The molecular formula is C12H15ClN2O2. The molecule has 0 unspecified atom stereocenters. The van der Waals surface area contributed by atoms with Crippen LogP contribution in [0.4, 0.5) is 5.82 Å². The van der Waals surface area contributed by atoms with Crippen molar-refractivity contribution in [3.8, 4) is 0 Å². The van der Waals surface area contributed by atoms with E-state index >= 15 is 0 Å². The molecule has 4 nitrogen and oxygen atoms in total. The summed E-state index contributed by atoms with van der Waals surface area (Å²) in [5, 5.41) is 3.15. The molecule has 17 heavy (non-hydrogen) atoms. The summed E-state index contributed by atoms with van der Waals surface area (Å²) in [6.45, 7) is 0. The molecule has 0 radical (unpaired) electrons. The number of carbonyl (C=O) groups is 1. The Balaban J connectivity index is 1.96. The molecule has 1 heterocycles. The van der Waals surface area contributed by atoms with Gasteiger partial charge in [-0.15, -0.1) is 0 Å². The number of pyridine rings is 1. The largest absolute Gasteiger partial charge is 0.378 e. The summed E-state index contributed by atoms with van der Waals surface area (Å²) in [6.07, 6.45) is 4.94. The van der Waals surface area contributed by atoms with Crippen LogP contribution in [0.5, 0.6) is 0 Å². The minimum Gasteiger partial charge on any atom is -0.378 e. The van der Waals surface area contributed by atoms with Crippen molar-refractivity contribution < 1.29 is 9.53 Å². The van der Waals surface area contributed by atoms with E-state index in [9.17, 15) is 4.79 Å². The Bertz CT molecular complexity index is 413. The van der Waals surface area contributed by atoms with E-state index in [1.807, 2.05) is 0 Å². The van der Waals surface area contributed by atoms with Gasteiger partial charge >= 0.3 is 0 Å². The molecule has 0 spiro atoms. The van der Waals surface area contributed by atoms with Gasteiger partial charge in [0, 0.05) is 13.3 Å². The molecule has 1 fully saturated rings. The Labute approximate surface area is 105 Å². The smallest absolute Gasteiger partial charge is 0.228 e. The van der Waals surface area contributed by atoms with Gasteiger partial charge < -0.3 is 10.1 Å². The van der Waals surface area contributed by atoms with E-state index in [-0.39, 0.29) is 11.5 Å². The highest BCUT2D eigenvalue weighted by Crippen LogP contribution is 2.38. The number of hydrogen-bond donors (Lipinski definition) is 1. The number of nitrogens with one attached hydrogen (secondary N) is 1. The normalized spacial score (nSPS) is 17.3. The van der Waals surface area contributed by atoms with Crippen molar-refractivity contribution in [1.29, 1.82) is 0 Å². The predicted molar refractivity (Wildman–Crippen MR) is 66.1 cm³/mol. The average molecular weight is 255 g/mol. The standard InChI is InChI=1S/C12H15ClN2O2/c1-17-12(5-3-6-12)8-10(16)15-11-9(13)4-2-7-14-11/h2,4,7H,3,5-6,8H2,1H3,(H,14,15,16). The SMILES string of the molecule is COC1(CC(=O)Nc2ncccc2Cl)CCC1. The Morgan fingerprint density at radius 1 is 1.65 bits per heavy atom. The number of aromatic nitrogens is 1. The van der Waals surface area contributed by atoms with E-state index in [0.29, 0.717) is 17.3 Å². The zero-order chi connectivity index (χ0) is 12.3. The first-order valence-corrected chi connectivity index (χ1v) is 5.98. The van der Waals surface area contributed by atoms with Crippen LogP contribution in [-0.4, -0.2) is 23.6 Å². The lowest BCUT2D eigenvalue weighted by molar-refractivity contribution is -0.129. The minimum atomic E-state index is -0.272. The highest BCUT2D eigenvalue weighted by atomic mass is 35.5. The molecule has 0 atom stereocenters.